The van der Waals surface area contributed by atoms with Crippen molar-refractivity contribution in [2.45, 2.75) is 6.92 Å². The first kappa shape index (κ1) is 18.0. The number of amides is 2. The molecule has 0 saturated carbocycles. The van der Waals surface area contributed by atoms with E-state index < -0.39 is 0 Å². The van der Waals surface area contributed by atoms with Crippen LogP contribution in [0.25, 0.3) is 0 Å². The van der Waals surface area contributed by atoms with E-state index in [0.717, 1.165) is 0 Å². The molecule has 3 heterocycles. The van der Waals surface area contributed by atoms with E-state index >= 15 is 0 Å². The van der Waals surface area contributed by atoms with Gasteiger partial charge >= 0.3 is 0 Å². The van der Waals surface area contributed by atoms with Gasteiger partial charge in [0, 0.05) is 50.9 Å². The van der Waals surface area contributed by atoms with E-state index in [-0.39, 0.29) is 17.5 Å². The summed E-state index contributed by atoms with van der Waals surface area (Å²) in [6.45, 7) is 5.18. The van der Waals surface area contributed by atoms with Crippen molar-refractivity contribution in [3.05, 3.63) is 36.3 Å². The Morgan fingerprint density at radius 2 is 1.75 bits per heavy atom. The van der Waals surface area contributed by atoms with Crippen LogP contribution in [0.3, 0.4) is 0 Å². The highest BCUT2D eigenvalue weighted by atomic mass is 16.6. The van der Waals surface area contributed by atoms with Crippen LogP contribution in [0.1, 0.15) is 17.4 Å². The monoisotopic (exact) mass is 383 g/mol. The zero-order valence-corrected chi connectivity index (χ0v) is 15.6. The largest absolute Gasteiger partial charge is 0.486 e. The molecule has 0 unspecified atom stereocenters. The second-order valence-electron chi connectivity index (χ2n) is 6.57. The first-order valence-electron chi connectivity index (χ1n) is 9.13. The highest BCUT2D eigenvalue weighted by molar-refractivity contribution is 6.03. The molecule has 0 atom stereocenters. The number of benzene rings is 1. The third-order valence-corrected chi connectivity index (χ3v) is 4.73. The van der Waals surface area contributed by atoms with E-state index in [1.54, 1.807) is 36.1 Å². The molecule has 28 heavy (non-hydrogen) atoms. The van der Waals surface area contributed by atoms with Crippen LogP contribution in [0.2, 0.25) is 0 Å². The van der Waals surface area contributed by atoms with Gasteiger partial charge in [0.1, 0.15) is 31.1 Å². The molecule has 2 aliphatic rings. The van der Waals surface area contributed by atoms with Crippen molar-refractivity contribution in [3.8, 4) is 11.5 Å². The average molecular weight is 383 g/mol. The number of ether oxygens (including phenoxy) is 2. The van der Waals surface area contributed by atoms with E-state index in [0.29, 0.717) is 62.4 Å². The Labute approximate surface area is 162 Å². The smallest absolute Gasteiger partial charge is 0.274 e. The number of fused-ring (bicyclic) bond motifs is 1. The normalized spacial score (nSPS) is 15.9. The van der Waals surface area contributed by atoms with Gasteiger partial charge in [0.25, 0.3) is 5.91 Å². The lowest BCUT2D eigenvalue weighted by Crippen LogP contribution is -2.48. The van der Waals surface area contributed by atoms with Gasteiger partial charge in [0.15, 0.2) is 11.5 Å². The number of aromatic nitrogens is 2. The number of nitrogens with one attached hydrogen (secondary N) is 1. The van der Waals surface area contributed by atoms with Crippen LogP contribution in [0, 0.1) is 0 Å². The van der Waals surface area contributed by atoms with Crippen LogP contribution in [-0.2, 0) is 4.79 Å². The van der Waals surface area contributed by atoms with Crippen molar-refractivity contribution in [1.29, 1.82) is 0 Å². The summed E-state index contributed by atoms with van der Waals surface area (Å²) < 4.78 is 11.0. The molecule has 9 heteroatoms. The van der Waals surface area contributed by atoms with Gasteiger partial charge in [-0.1, -0.05) is 0 Å². The van der Waals surface area contributed by atoms with Gasteiger partial charge in [-0.05, 0) is 12.1 Å². The molecule has 1 N–H and O–H groups in total. The summed E-state index contributed by atoms with van der Waals surface area (Å²) in [5.74, 6) is 1.68. The topological polar surface area (TPSA) is 96.9 Å². The lowest BCUT2D eigenvalue weighted by molar-refractivity contribution is -0.129. The third-order valence-electron chi connectivity index (χ3n) is 4.73. The molecule has 4 rings (SSSR count). The summed E-state index contributed by atoms with van der Waals surface area (Å²) in [6, 6.07) is 6.92. The molecule has 1 aromatic heterocycles. The summed E-state index contributed by atoms with van der Waals surface area (Å²) in [6.07, 6.45) is 1.38. The van der Waals surface area contributed by atoms with Crippen molar-refractivity contribution in [3.63, 3.8) is 0 Å². The number of hydrogen-bond acceptors (Lipinski definition) is 7. The van der Waals surface area contributed by atoms with E-state index in [1.807, 2.05) is 4.90 Å². The molecule has 0 aliphatic carbocycles. The zero-order valence-electron chi connectivity index (χ0n) is 15.6. The van der Waals surface area contributed by atoms with Crippen molar-refractivity contribution < 1.29 is 19.1 Å². The summed E-state index contributed by atoms with van der Waals surface area (Å²) in [4.78, 5) is 36.3. The van der Waals surface area contributed by atoms with Crippen LogP contribution in [0.4, 0.5) is 11.5 Å². The van der Waals surface area contributed by atoms with Crippen molar-refractivity contribution in [1.82, 2.24) is 14.9 Å². The fourth-order valence-corrected chi connectivity index (χ4v) is 3.21. The van der Waals surface area contributed by atoms with Gasteiger partial charge in [-0.25, -0.2) is 9.97 Å². The Morgan fingerprint density at radius 3 is 2.50 bits per heavy atom. The highest BCUT2D eigenvalue weighted by Gasteiger charge is 2.21. The number of anilines is 2. The minimum atomic E-state index is -0.331. The SMILES string of the molecule is CC(=O)N1CCN(c2cc(C(=O)Nc3ccc4c(c3)OCCO4)ncn2)CC1. The van der Waals surface area contributed by atoms with E-state index in [1.165, 1.54) is 6.33 Å². The van der Waals surface area contributed by atoms with Gasteiger partial charge in [0.05, 0.1) is 0 Å². The van der Waals surface area contributed by atoms with E-state index in [4.69, 9.17) is 9.47 Å². The molecule has 9 nitrogen and oxygen atoms in total. The van der Waals surface area contributed by atoms with Crippen LogP contribution in [0.5, 0.6) is 11.5 Å². The maximum absolute atomic E-state index is 12.6. The van der Waals surface area contributed by atoms with Crippen molar-refractivity contribution in [2.24, 2.45) is 0 Å². The van der Waals surface area contributed by atoms with Crippen LogP contribution >= 0.6 is 0 Å². The first-order chi connectivity index (χ1) is 13.6. The van der Waals surface area contributed by atoms with Gasteiger partial charge in [-0.3, -0.25) is 9.59 Å². The molecule has 1 aromatic carbocycles. The predicted octanol–water partition coefficient (Wildman–Crippen LogP) is 1.17. The molecule has 1 fully saturated rings. The quantitative estimate of drug-likeness (QED) is 0.850. The minimum absolute atomic E-state index is 0.0711. The zero-order chi connectivity index (χ0) is 19.5. The molecule has 1 saturated heterocycles. The summed E-state index contributed by atoms with van der Waals surface area (Å²) >= 11 is 0. The highest BCUT2D eigenvalue weighted by Crippen LogP contribution is 2.32. The molecular formula is C19H21N5O4. The number of piperazine rings is 1. The fraction of sp³-hybridized carbons (Fsp3) is 0.368. The maximum atomic E-state index is 12.6. The Hall–Kier alpha value is -3.36. The van der Waals surface area contributed by atoms with Crippen molar-refractivity contribution in [2.75, 3.05) is 49.6 Å². The second-order valence-corrected chi connectivity index (χ2v) is 6.57. The maximum Gasteiger partial charge on any atom is 0.274 e. The lowest BCUT2D eigenvalue weighted by atomic mass is 10.2. The Balaban J connectivity index is 1.44. The van der Waals surface area contributed by atoms with Crippen LogP contribution in [-0.4, -0.2) is 66.1 Å². The molecular weight excluding hydrogens is 362 g/mol. The number of hydrogen-bond donors (Lipinski definition) is 1. The van der Waals surface area contributed by atoms with Gasteiger partial charge < -0.3 is 24.6 Å². The predicted molar refractivity (Wildman–Crippen MR) is 102 cm³/mol. The number of carbonyl (C=O) groups excluding carboxylic acids is 2. The summed E-state index contributed by atoms with van der Waals surface area (Å²) in [7, 11) is 0. The Kier molecular flexibility index (Phi) is 4.96. The standard InChI is InChI=1S/C19H21N5O4/c1-13(25)23-4-6-24(7-5-23)18-11-15(20-12-21-18)19(26)22-14-2-3-16-17(10-14)28-9-8-27-16/h2-3,10-12H,4-9H2,1H3,(H,22,26). The fourth-order valence-electron chi connectivity index (χ4n) is 3.21. The minimum Gasteiger partial charge on any atom is -0.486 e. The van der Waals surface area contributed by atoms with Gasteiger partial charge in [0.2, 0.25) is 5.91 Å². The number of rotatable bonds is 3. The number of carbonyl (C=O) groups is 2. The van der Waals surface area contributed by atoms with Gasteiger partial charge in [-0.2, -0.15) is 0 Å². The molecule has 2 amide bonds. The molecule has 0 radical (unpaired) electrons. The van der Waals surface area contributed by atoms with Crippen molar-refractivity contribution >= 4 is 23.3 Å². The molecule has 0 spiro atoms. The third kappa shape index (κ3) is 3.83. The van der Waals surface area contributed by atoms with Crippen LogP contribution in [0.15, 0.2) is 30.6 Å². The average Bonchev–Trinajstić information content (AvgIpc) is 2.74. The van der Waals surface area contributed by atoms with E-state index in [9.17, 15) is 9.59 Å². The molecule has 0 bridgehead atoms. The first-order valence-corrected chi connectivity index (χ1v) is 9.13. The van der Waals surface area contributed by atoms with Gasteiger partial charge in [-0.15, -0.1) is 0 Å². The number of nitrogens with zero attached hydrogens (tertiary/aromatic N) is 4. The Bertz CT molecular complexity index is 896. The van der Waals surface area contributed by atoms with E-state index in [2.05, 4.69) is 15.3 Å². The summed E-state index contributed by atoms with van der Waals surface area (Å²) in [5, 5.41) is 2.82. The molecule has 2 aromatic rings. The second kappa shape index (κ2) is 7.71. The molecule has 146 valence electrons. The lowest BCUT2D eigenvalue weighted by Gasteiger charge is -2.34. The Morgan fingerprint density at radius 1 is 1.00 bits per heavy atom. The molecule has 2 aliphatic heterocycles. The summed E-state index contributed by atoms with van der Waals surface area (Å²) in [5.41, 5.74) is 0.873. The van der Waals surface area contributed by atoms with Crippen LogP contribution < -0.4 is 19.7 Å².